The van der Waals surface area contributed by atoms with Crippen LogP contribution in [0, 0.1) is 67.5 Å². The van der Waals surface area contributed by atoms with Gasteiger partial charge in [0, 0.05) is 19.4 Å². The van der Waals surface area contributed by atoms with Crippen LogP contribution in [0.15, 0.2) is 23.8 Å². The van der Waals surface area contributed by atoms with Crippen molar-refractivity contribution >= 4 is 18.2 Å². The normalized spacial score (nSPS) is 53.8. The lowest BCUT2D eigenvalue weighted by molar-refractivity contribution is -0.333. The molecule has 0 aromatic carbocycles. The smallest absolute Gasteiger partial charge is 0.335 e. The molecule has 18 atom stereocenters. The predicted molar refractivity (Wildman–Crippen MR) is 202 cm³/mol. The second-order valence-corrected chi connectivity index (χ2v) is 20.7. The Balaban J connectivity index is 1.24. The first-order valence-electron chi connectivity index (χ1n) is 21.1. The van der Waals surface area contributed by atoms with Gasteiger partial charge in [0.15, 0.2) is 12.4 Å². The van der Waals surface area contributed by atoms with E-state index in [1.165, 1.54) is 0 Å². The summed E-state index contributed by atoms with van der Waals surface area (Å²) < 4.78 is 18.0. The molecule has 2 bridgehead atoms. The first kappa shape index (κ1) is 40.6. The second-order valence-electron chi connectivity index (χ2n) is 20.7. The van der Waals surface area contributed by atoms with Crippen LogP contribution in [0.2, 0.25) is 0 Å². The number of methoxy groups -OCH3 is 1. The number of carboxylic acids is 2. The molecule has 1 heterocycles. The van der Waals surface area contributed by atoms with Crippen molar-refractivity contribution in [2.45, 2.75) is 148 Å². The maximum atomic E-state index is 14.1. The molecule has 5 saturated carbocycles. The second kappa shape index (κ2) is 13.2. The quantitative estimate of drug-likeness (QED) is 0.109. The van der Waals surface area contributed by atoms with Gasteiger partial charge in [0.25, 0.3) is 0 Å². The number of hydrogen-bond donors (Lipinski definition) is 6. The van der Waals surface area contributed by atoms with Crippen LogP contribution in [0.25, 0.3) is 0 Å². The molecule has 56 heavy (non-hydrogen) atoms. The monoisotopic (exact) mass is 784 g/mol. The third kappa shape index (κ3) is 4.81. The van der Waals surface area contributed by atoms with E-state index >= 15 is 0 Å². The topological polar surface area (TPSA) is 200 Å². The Bertz CT molecular complexity index is 1690. The van der Waals surface area contributed by atoms with E-state index in [2.05, 4.69) is 52.8 Å². The molecule has 0 aromatic rings. The van der Waals surface area contributed by atoms with Crippen LogP contribution in [-0.4, -0.2) is 105 Å². The standard InChI is InChI=1S/C44H64O12/c1-38(2)26-11-15-40(4)33-23(9-10-24(41(26,33)5)20-28(38)55-35-31(48)29(46)30(47)32(56-35)34(49)50)19-27-42(40,13-8-18-45)16-17-43(37(52)53)25(22-54-6)21-39(3)12-7-14-44(27,43)36(39)51/h7,14,18-19,23-26,28-33,35-36,46-48,51H,8-13,15-17,20-22H2,1-6H3,(H,49,50)(H,52,53)/t23-,24+,25+,26+,28+,29+,30+,31-,32+,33+,35-,36-,39+,40-,41+,42-,43+,44-/m1/s1. The summed E-state index contributed by atoms with van der Waals surface area (Å²) in [6.45, 7) is 11.6. The lowest BCUT2D eigenvalue weighted by Crippen LogP contribution is -2.75. The average Bonchev–Trinajstić information content (AvgIpc) is 3.12. The fourth-order valence-corrected chi connectivity index (χ4v) is 16.3. The van der Waals surface area contributed by atoms with Crippen molar-refractivity contribution in [2.24, 2.45) is 67.5 Å². The highest BCUT2D eigenvalue weighted by molar-refractivity contribution is 5.80. The molecule has 8 rings (SSSR count). The van der Waals surface area contributed by atoms with Gasteiger partial charge in [-0.05, 0) is 115 Å². The maximum Gasteiger partial charge on any atom is 0.335 e. The number of allylic oxidation sites excluding steroid dienone is 2. The van der Waals surface area contributed by atoms with E-state index in [9.17, 15) is 45.0 Å². The highest BCUT2D eigenvalue weighted by Crippen LogP contribution is 2.83. The number of ether oxygens (including phenoxy) is 3. The van der Waals surface area contributed by atoms with Gasteiger partial charge in [-0.15, -0.1) is 0 Å². The fourth-order valence-electron chi connectivity index (χ4n) is 16.3. The summed E-state index contributed by atoms with van der Waals surface area (Å²) in [4.78, 5) is 38.4. The molecule has 1 spiro atoms. The van der Waals surface area contributed by atoms with Gasteiger partial charge in [0.1, 0.15) is 24.6 Å². The van der Waals surface area contributed by atoms with Crippen molar-refractivity contribution in [3.63, 3.8) is 0 Å². The van der Waals surface area contributed by atoms with Gasteiger partial charge in [0.05, 0.1) is 29.6 Å². The third-order valence-electron chi connectivity index (χ3n) is 18.6. The Morgan fingerprint density at radius 1 is 0.964 bits per heavy atom. The third-order valence-corrected chi connectivity index (χ3v) is 18.6. The number of aliphatic hydroxyl groups is 4. The lowest BCUT2D eigenvalue weighted by Gasteiger charge is -2.78. The van der Waals surface area contributed by atoms with Crippen LogP contribution in [0.3, 0.4) is 0 Å². The van der Waals surface area contributed by atoms with Crippen molar-refractivity contribution in [3.05, 3.63) is 23.8 Å². The summed E-state index contributed by atoms with van der Waals surface area (Å²) in [7, 11) is 1.63. The fraction of sp³-hybridized carbons (Fsp3) is 0.841. The van der Waals surface area contributed by atoms with Gasteiger partial charge in [-0.1, -0.05) is 58.4 Å². The highest BCUT2D eigenvalue weighted by atomic mass is 16.7. The lowest BCUT2D eigenvalue weighted by atomic mass is 9.26. The zero-order valence-electron chi connectivity index (χ0n) is 33.9. The van der Waals surface area contributed by atoms with E-state index in [1.807, 2.05) is 0 Å². The summed E-state index contributed by atoms with van der Waals surface area (Å²) >= 11 is 0. The molecular formula is C44H64O12. The van der Waals surface area contributed by atoms with Crippen molar-refractivity contribution in [2.75, 3.05) is 13.7 Å². The Morgan fingerprint density at radius 3 is 2.36 bits per heavy atom. The number of aliphatic hydroxyl groups excluding tert-OH is 4. The first-order valence-corrected chi connectivity index (χ1v) is 21.1. The van der Waals surface area contributed by atoms with Gasteiger partial charge in [-0.25, -0.2) is 4.79 Å². The Kier molecular flexibility index (Phi) is 9.53. The molecule has 8 aliphatic rings. The van der Waals surface area contributed by atoms with E-state index in [-0.39, 0.29) is 40.4 Å². The minimum Gasteiger partial charge on any atom is -0.481 e. The molecule has 6 N–H and O–H groups in total. The van der Waals surface area contributed by atoms with Gasteiger partial charge in [0.2, 0.25) is 0 Å². The van der Waals surface area contributed by atoms with Gasteiger partial charge < -0.3 is 49.6 Å². The highest BCUT2D eigenvalue weighted by Gasteiger charge is 2.80. The maximum absolute atomic E-state index is 14.1. The number of aliphatic carboxylic acids is 2. The summed E-state index contributed by atoms with van der Waals surface area (Å²) in [5.74, 6) is -1.99. The van der Waals surface area contributed by atoms with Crippen LogP contribution in [0.5, 0.6) is 0 Å². The molecule has 0 radical (unpaired) electrons. The zero-order valence-corrected chi connectivity index (χ0v) is 33.9. The van der Waals surface area contributed by atoms with Gasteiger partial charge in [-0.2, -0.15) is 0 Å². The molecule has 1 aliphatic heterocycles. The average molecular weight is 785 g/mol. The molecule has 0 unspecified atom stereocenters. The van der Waals surface area contributed by atoms with Crippen LogP contribution in [-0.2, 0) is 28.6 Å². The number of rotatable bonds is 9. The molecule has 12 nitrogen and oxygen atoms in total. The predicted octanol–water partition coefficient (Wildman–Crippen LogP) is 4.51. The first-order chi connectivity index (χ1) is 26.3. The largest absolute Gasteiger partial charge is 0.481 e. The van der Waals surface area contributed by atoms with E-state index < -0.39 is 81.9 Å². The zero-order chi connectivity index (χ0) is 40.6. The Hall–Kier alpha value is -2.19. The summed E-state index contributed by atoms with van der Waals surface area (Å²) in [6.07, 6.45) is 5.06. The molecule has 7 aliphatic carbocycles. The van der Waals surface area contributed by atoms with E-state index in [0.717, 1.165) is 37.5 Å². The van der Waals surface area contributed by atoms with Gasteiger partial charge >= 0.3 is 11.9 Å². The molecule has 6 fully saturated rings. The summed E-state index contributed by atoms with van der Waals surface area (Å²) in [6, 6.07) is 0. The summed E-state index contributed by atoms with van der Waals surface area (Å²) in [5, 5.41) is 66.0. The molecule has 0 amide bonds. The van der Waals surface area contributed by atoms with Crippen LogP contribution in [0.1, 0.15) is 105 Å². The molecule has 0 aromatic heterocycles. The minimum atomic E-state index is -1.80. The summed E-state index contributed by atoms with van der Waals surface area (Å²) in [5.41, 5.74) is -3.46. The van der Waals surface area contributed by atoms with E-state index in [4.69, 9.17) is 14.2 Å². The number of aldehydes is 1. The Labute approximate surface area is 330 Å². The van der Waals surface area contributed by atoms with Crippen LogP contribution >= 0.6 is 0 Å². The number of hydrogen-bond acceptors (Lipinski definition) is 10. The van der Waals surface area contributed by atoms with Crippen LogP contribution < -0.4 is 0 Å². The number of carbonyl (C=O) groups excluding carboxylic acids is 1. The molecule has 1 saturated heterocycles. The number of carboxylic acid groups (broad SMARTS) is 2. The minimum absolute atomic E-state index is 0.115. The van der Waals surface area contributed by atoms with Crippen LogP contribution in [0.4, 0.5) is 0 Å². The van der Waals surface area contributed by atoms with Crippen molar-refractivity contribution < 1.29 is 59.2 Å². The number of carbonyl (C=O) groups is 3. The Morgan fingerprint density at radius 2 is 1.70 bits per heavy atom. The van der Waals surface area contributed by atoms with Crippen molar-refractivity contribution in [1.29, 1.82) is 0 Å². The van der Waals surface area contributed by atoms with Crippen molar-refractivity contribution in [3.8, 4) is 0 Å². The SMILES string of the molecule is COC[C@@H]1C[C@]2(C)CC=C[C@@]3(C4=C[C@H]5CC[C@H]6C[C@H](O[C@@H]7O[C@H](C(=O)O)[C@@H](O)[C@H](O)[C@H]7O)C(C)(C)[C@@H]7CC[C@](C)([C@H]5[C@@]67C)[C@]4(CCC=O)CC[C@@]13C(=O)O)[C@@H]2O. The van der Waals surface area contributed by atoms with E-state index in [1.54, 1.807) is 7.11 Å². The van der Waals surface area contributed by atoms with Gasteiger partial charge in [-0.3, -0.25) is 4.79 Å². The molecular weight excluding hydrogens is 720 g/mol. The molecule has 12 heteroatoms. The molecule has 312 valence electrons. The van der Waals surface area contributed by atoms with Crippen molar-refractivity contribution in [1.82, 2.24) is 0 Å². The van der Waals surface area contributed by atoms with E-state index in [0.29, 0.717) is 51.6 Å². The number of fused-ring (bicyclic) bond motifs is 3.